The lowest BCUT2D eigenvalue weighted by Gasteiger charge is -2.09. The van der Waals surface area contributed by atoms with Gasteiger partial charge in [-0.05, 0) is 37.5 Å². The molecule has 0 unspecified atom stereocenters. The van der Waals surface area contributed by atoms with Crippen LogP contribution < -0.4 is 0 Å². The monoisotopic (exact) mass is 264 g/mol. The Bertz CT molecular complexity index is 219. The molecule has 0 heteroatoms. The first kappa shape index (κ1) is 18.5. The molecule has 0 heterocycles. The normalized spacial score (nSPS) is 11.3. The summed E-state index contributed by atoms with van der Waals surface area (Å²) in [6.45, 7) is 17.2. The topological polar surface area (TPSA) is 0 Å². The average molecular weight is 264 g/mol. The van der Waals surface area contributed by atoms with Crippen molar-refractivity contribution in [1.29, 1.82) is 0 Å². The number of allylic oxidation sites excluding steroid dienone is 2. The quantitative estimate of drug-likeness (QED) is 0.265. The van der Waals surface area contributed by atoms with Gasteiger partial charge in [-0.25, -0.2) is 0 Å². The first-order valence-electron chi connectivity index (χ1n) is 8.30. The summed E-state index contributed by atoms with van der Waals surface area (Å²) in [6, 6.07) is 0. The molecule has 0 fully saturated rings. The van der Waals surface area contributed by atoms with Gasteiger partial charge in [0.2, 0.25) is 0 Å². The number of hydrogen-bond donors (Lipinski definition) is 0. The Morgan fingerprint density at radius 2 is 0.842 bits per heavy atom. The molecule has 0 saturated carbocycles. The SMILES string of the molecule is C=C(CCCCCCCCCC(=C)C(C)C)C(C)C. The maximum Gasteiger partial charge on any atom is -0.0263 e. The highest BCUT2D eigenvalue weighted by atomic mass is 14.1. The van der Waals surface area contributed by atoms with E-state index in [1.54, 1.807) is 0 Å². The van der Waals surface area contributed by atoms with Crippen LogP contribution in [0.3, 0.4) is 0 Å². The zero-order valence-corrected chi connectivity index (χ0v) is 13.9. The molecule has 112 valence electrons. The van der Waals surface area contributed by atoms with Crippen LogP contribution in [0.4, 0.5) is 0 Å². The van der Waals surface area contributed by atoms with E-state index in [-0.39, 0.29) is 0 Å². The van der Waals surface area contributed by atoms with Crippen LogP contribution in [0.2, 0.25) is 0 Å². The van der Waals surface area contributed by atoms with Gasteiger partial charge in [0.25, 0.3) is 0 Å². The summed E-state index contributed by atoms with van der Waals surface area (Å²) in [5.74, 6) is 1.32. The maximum atomic E-state index is 4.13. The van der Waals surface area contributed by atoms with Crippen molar-refractivity contribution >= 4 is 0 Å². The van der Waals surface area contributed by atoms with Gasteiger partial charge in [-0.3, -0.25) is 0 Å². The molecule has 0 N–H and O–H groups in total. The fourth-order valence-electron chi connectivity index (χ4n) is 2.17. The van der Waals surface area contributed by atoms with Gasteiger partial charge in [0.1, 0.15) is 0 Å². The second-order valence-electron chi connectivity index (χ2n) is 6.60. The van der Waals surface area contributed by atoms with Gasteiger partial charge >= 0.3 is 0 Å². The van der Waals surface area contributed by atoms with Gasteiger partial charge in [-0.15, -0.1) is 0 Å². The lowest BCUT2D eigenvalue weighted by molar-refractivity contribution is 0.562. The van der Waals surface area contributed by atoms with Crippen molar-refractivity contribution in [2.45, 2.75) is 85.5 Å². The first-order chi connectivity index (χ1) is 8.95. The van der Waals surface area contributed by atoms with Gasteiger partial charge in [0.15, 0.2) is 0 Å². The number of rotatable bonds is 12. The largest absolute Gasteiger partial charge is 0.0996 e. The van der Waals surface area contributed by atoms with E-state index >= 15 is 0 Å². The van der Waals surface area contributed by atoms with Crippen LogP contribution in [-0.4, -0.2) is 0 Å². The van der Waals surface area contributed by atoms with E-state index < -0.39 is 0 Å². The molecular formula is C19H36. The number of unbranched alkanes of at least 4 members (excludes halogenated alkanes) is 6. The minimum absolute atomic E-state index is 0.661. The van der Waals surface area contributed by atoms with Crippen LogP contribution in [0.5, 0.6) is 0 Å². The van der Waals surface area contributed by atoms with Crippen LogP contribution in [0.15, 0.2) is 24.3 Å². The predicted octanol–water partition coefficient (Wildman–Crippen LogP) is 6.92. The summed E-state index contributed by atoms with van der Waals surface area (Å²) < 4.78 is 0. The van der Waals surface area contributed by atoms with E-state index in [9.17, 15) is 0 Å². The second-order valence-corrected chi connectivity index (χ2v) is 6.60. The third-order valence-corrected chi connectivity index (χ3v) is 4.13. The molecule has 0 aliphatic rings. The summed E-state index contributed by atoms with van der Waals surface area (Å²) in [5, 5.41) is 0. The second kappa shape index (κ2) is 11.3. The molecule has 0 atom stereocenters. The molecule has 19 heavy (non-hydrogen) atoms. The Morgan fingerprint density at radius 3 is 1.11 bits per heavy atom. The summed E-state index contributed by atoms with van der Waals surface area (Å²) in [5.41, 5.74) is 2.85. The third-order valence-electron chi connectivity index (χ3n) is 4.13. The number of hydrogen-bond acceptors (Lipinski definition) is 0. The van der Waals surface area contributed by atoms with Gasteiger partial charge < -0.3 is 0 Å². The Kier molecular flexibility index (Phi) is 11.0. The summed E-state index contributed by atoms with van der Waals surface area (Å²) in [7, 11) is 0. The standard InChI is InChI=1S/C19H36/c1-16(2)18(5)14-12-10-8-7-9-11-13-15-19(6)17(3)4/h16-17H,5-15H2,1-4H3. The molecule has 0 rings (SSSR count). The van der Waals surface area contributed by atoms with Crippen molar-refractivity contribution in [3.05, 3.63) is 24.3 Å². The van der Waals surface area contributed by atoms with E-state index in [4.69, 9.17) is 0 Å². The molecule has 0 amide bonds. The van der Waals surface area contributed by atoms with Crippen molar-refractivity contribution in [1.82, 2.24) is 0 Å². The average Bonchev–Trinajstić information content (AvgIpc) is 2.35. The summed E-state index contributed by atoms with van der Waals surface area (Å²) >= 11 is 0. The molecule has 0 aliphatic carbocycles. The summed E-state index contributed by atoms with van der Waals surface area (Å²) in [6.07, 6.45) is 12.1. The van der Waals surface area contributed by atoms with Gasteiger partial charge in [0, 0.05) is 0 Å². The highest BCUT2D eigenvalue weighted by Gasteiger charge is 2.01. The highest BCUT2D eigenvalue weighted by molar-refractivity contribution is 4.97. The Balaban J connectivity index is 3.24. The van der Waals surface area contributed by atoms with E-state index in [2.05, 4.69) is 40.9 Å². The molecule has 0 bridgehead atoms. The van der Waals surface area contributed by atoms with Gasteiger partial charge in [0.05, 0.1) is 0 Å². The van der Waals surface area contributed by atoms with Crippen LogP contribution in [-0.2, 0) is 0 Å². The lowest BCUT2D eigenvalue weighted by Crippen LogP contribution is -1.93. The van der Waals surface area contributed by atoms with Crippen LogP contribution in [0, 0.1) is 11.8 Å². The molecule has 0 aliphatic heterocycles. The molecule has 0 spiro atoms. The van der Waals surface area contributed by atoms with Crippen molar-refractivity contribution in [2.24, 2.45) is 11.8 Å². The molecule has 0 nitrogen and oxygen atoms in total. The van der Waals surface area contributed by atoms with Crippen LogP contribution in [0.25, 0.3) is 0 Å². The van der Waals surface area contributed by atoms with Crippen molar-refractivity contribution in [3.8, 4) is 0 Å². The summed E-state index contributed by atoms with van der Waals surface area (Å²) in [4.78, 5) is 0. The molecule has 0 aromatic rings. The molecule has 0 aromatic heterocycles. The Hall–Kier alpha value is -0.520. The fraction of sp³-hybridized carbons (Fsp3) is 0.789. The zero-order chi connectivity index (χ0) is 14.7. The van der Waals surface area contributed by atoms with Crippen molar-refractivity contribution in [2.75, 3.05) is 0 Å². The smallest absolute Gasteiger partial charge is 0.0263 e. The Morgan fingerprint density at radius 1 is 0.579 bits per heavy atom. The molecule has 0 saturated heterocycles. The van der Waals surface area contributed by atoms with E-state index in [0.29, 0.717) is 11.8 Å². The highest BCUT2D eigenvalue weighted by Crippen LogP contribution is 2.18. The van der Waals surface area contributed by atoms with E-state index in [0.717, 1.165) is 0 Å². The fourth-order valence-corrected chi connectivity index (χ4v) is 2.17. The molecule has 0 radical (unpaired) electrons. The van der Waals surface area contributed by atoms with Crippen LogP contribution in [0.1, 0.15) is 85.5 Å². The predicted molar refractivity (Wildman–Crippen MR) is 89.5 cm³/mol. The van der Waals surface area contributed by atoms with Crippen molar-refractivity contribution in [3.63, 3.8) is 0 Å². The van der Waals surface area contributed by atoms with Gasteiger partial charge in [-0.2, -0.15) is 0 Å². The van der Waals surface area contributed by atoms with E-state index in [1.807, 2.05) is 0 Å². The Labute approximate surface area is 122 Å². The first-order valence-corrected chi connectivity index (χ1v) is 8.30. The molecular weight excluding hydrogens is 228 g/mol. The van der Waals surface area contributed by atoms with Gasteiger partial charge in [-0.1, -0.05) is 84.1 Å². The minimum Gasteiger partial charge on any atom is -0.0996 e. The minimum atomic E-state index is 0.661. The third kappa shape index (κ3) is 11.0. The maximum absolute atomic E-state index is 4.13. The van der Waals surface area contributed by atoms with Crippen LogP contribution >= 0.6 is 0 Å². The lowest BCUT2D eigenvalue weighted by atomic mass is 9.97. The van der Waals surface area contributed by atoms with Crippen molar-refractivity contribution < 1.29 is 0 Å². The van der Waals surface area contributed by atoms with E-state index in [1.165, 1.54) is 68.9 Å². The molecule has 0 aromatic carbocycles. The zero-order valence-electron chi connectivity index (χ0n) is 13.9.